The molecule has 18 heavy (non-hydrogen) atoms. The summed E-state index contributed by atoms with van der Waals surface area (Å²) in [5.41, 5.74) is 3.01. The van der Waals surface area contributed by atoms with Gasteiger partial charge in [-0.3, -0.25) is 4.57 Å². The fourth-order valence-electron chi connectivity index (χ4n) is 1.92. The first-order chi connectivity index (χ1) is 8.41. The summed E-state index contributed by atoms with van der Waals surface area (Å²) >= 11 is 1.54. The van der Waals surface area contributed by atoms with Gasteiger partial charge in [-0.25, -0.2) is 9.78 Å². The maximum atomic E-state index is 11.1. The molecule has 0 spiro atoms. The first-order valence-corrected chi connectivity index (χ1v) is 6.67. The van der Waals surface area contributed by atoms with Crippen LogP contribution in [0.1, 0.15) is 47.2 Å². The summed E-state index contributed by atoms with van der Waals surface area (Å²) < 4.78 is 1.90. The van der Waals surface area contributed by atoms with E-state index >= 15 is 0 Å². The molecule has 0 atom stereocenters. The van der Waals surface area contributed by atoms with Gasteiger partial charge in [-0.2, -0.15) is 0 Å². The zero-order valence-electron chi connectivity index (χ0n) is 10.9. The van der Waals surface area contributed by atoms with Gasteiger partial charge in [0.2, 0.25) is 0 Å². The highest BCUT2D eigenvalue weighted by atomic mass is 32.1. The number of carboxylic acids is 1. The standard InChI is InChI=1S/C13H16N2O2S/c1-7(2)11-6-18-13(14-11)15-8(3)5-10(9(15)4)12(16)17/h5-7H,1-4H3,(H,16,17). The summed E-state index contributed by atoms with van der Waals surface area (Å²) in [4.78, 5) is 15.7. The topological polar surface area (TPSA) is 55.1 Å². The van der Waals surface area contributed by atoms with E-state index in [1.165, 1.54) is 0 Å². The van der Waals surface area contributed by atoms with Crippen LogP contribution in [-0.4, -0.2) is 20.6 Å². The van der Waals surface area contributed by atoms with Crippen LogP contribution in [0.5, 0.6) is 0 Å². The number of hydrogen-bond acceptors (Lipinski definition) is 3. The third-order valence-corrected chi connectivity index (χ3v) is 3.80. The molecule has 0 saturated heterocycles. The lowest BCUT2D eigenvalue weighted by atomic mass is 10.2. The van der Waals surface area contributed by atoms with E-state index in [0.717, 1.165) is 22.2 Å². The molecule has 0 fully saturated rings. The summed E-state index contributed by atoms with van der Waals surface area (Å²) in [6, 6.07) is 1.69. The van der Waals surface area contributed by atoms with Gasteiger partial charge in [0.25, 0.3) is 0 Å². The number of nitrogens with zero attached hydrogens (tertiary/aromatic N) is 2. The monoisotopic (exact) mass is 264 g/mol. The normalized spacial score (nSPS) is 11.2. The zero-order valence-corrected chi connectivity index (χ0v) is 11.7. The Kier molecular flexibility index (Phi) is 3.26. The van der Waals surface area contributed by atoms with Gasteiger partial charge < -0.3 is 5.11 Å². The minimum absolute atomic E-state index is 0.341. The minimum Gasteiger partial charge on any atom is -0.478 e. The van der Waals surface area contributed by atoms with E-state index in [-0.39, 0.29) is 0 Å². The number of rotatable bonds is 3. The van der Waals surface area contributed by atoms with Gasteiger partial charge in [-0.1, -0.05) is 13.8 Å². The molecule has 0 radical (unpaired) electrons. The molecule has 96 valence electrons. The van der Waals surface area contributed by atoms with Crippen molar-refractivity contribution in [2.24, 2.45) is 0 Å². The van der Waals surface area contributed by atoms with Crippen LogP contribution in [0.15, 0.2) is 11.4 Å². The highest BCUT2D eigenvalue weighted by Crippen LogP contribution is 2.25. The molecule has 0 unspecified atom stereocenters. The molecule has 1 N–H and O–H groups in total. The van der Waals surface area contributed by atoms with Gasteiger partial charge in [0, 0.05) is 16.8 Å². The number of hydrogen-bond donors (Lipinski definition) is 1. The molecule has 0 saturated carbocycles. The Morgan fingerprint density at radius 3 is 2.56 bits per heavy atom. The van der Waals surface area contributed by atoms with Crippen molar-refractivity contribution in [3.63, 3.8) is 0 Å². The maximum absolute atomic E-state index is 11.1. The van der Waals surface area contributed by atoms with Crippen molar-refractivity contribution in [2.75, 3.05) is 0 Å². The molecule has 0 aliphatic rings. The smallest absolute Gasteiger partial charge is 0.337 e. The van der Waals surface area contributed by atoms with Crippen LogP contribution in [-0.2, 0) is 0 Å². The predicted octanol–water partition coefficient (Wildman–Crippen LogP) is 3.37. The summed E-state index contributed by atoms with van der Waals surface area (Å²) in [7, 11) is 0. The Labute approximate surface area is 110 Å². The number of aromatic carboxylic acids is 1. The van der Waals surface area contributed by atoms with Crippen LogP contribution in [0.25, 0.3) is 5.13 Å². The van der Waals surface area contributed by atoms with Crippen molar-refractivity contribution >= 4 is 17.3 Å². The first kappa shape index (κ1) is 12.8. The SMILES string of the molecule is Cc1cc(C(=O)O)c(C)n1-c1nc(C(C)C)cs1. The van der Waals surface area contributed by atoms with Crippen molar-refractivity contribution in [3.05, 3.63) is 34.1 Å². The van der Waals surface area contributed by atoms with E-state index in [1.807, 2.05) is 23.8 Å². The van der Waals surface area contributed by atoms with E-state index in [1.54, 1.807) is 17.4 Å². The molecule has 2 heterocycles. The predicted molar refractivity (Wildman–Crippen MR) is 72.0 cm³/mol. The van der Waals surface area contributed by atoms with Crippen molar-refractivity contribution < 1.29 is 9.90 Å². The molecule has 0 bridgehead atoms. The van der Waals surface area contributed by atoms with Crippen LogP contribution in [0.4, 0.5) is 0 Å². The second-order valence-corrected chi connectivity index (χ2v) is 5.47. The Hall–Kier alpha value is -1.62. The fraction of sp³-hybridized carbons (Fsp3) is 0.385. The molecule has 5 heteroatoms. The van der Waals surface area contributed by atoms with Crippen LogP contribution < -0.4 is 0 Å². The van der Waals surface area contributed by atoms with E-state index < -0.39 is 5.97 Å². The number of aryl methyl sites for hydroxylation is 1. The van der Waals surface area contributed by atoms with Gasteiger partial charge in [0.1, 0.15) is 0 Å². The second-order valence-electron chi connectivity index (χ2n) is 4.64. The third-order valence-electron chi connectivity index (χ3n) is 2.95. The number of aromatic nitrogens is 2. The molecule has 0 amide bonds. The summed E-state index contributed by atoms with van der Waals surface area (Å²) in [6.45, 7) is 7.90. The highest BCUT2D eigenvalue weighted by molar-refractivity contribution is 7.12. The average molecular weight is 264 g/mol. The Bertz CT molecular complexity index is 596. The van der Waals surface area contributed by atoms with Crippen molar-refractivity contribution in [2.45, 2.75) is 33.6 Å². The van der Waals surface area contributed by atoms with Crippen LogP contribution in [0, 0.1) is 13.8 Å². The van der Waals surface area contributed by atoms with Gasteiger partial charge >= 0.3 is 5.97 Å². The molecule has 0 aromatic carbocycles. The largest absolute Gasteiger partial charge is 0.478 e. The lowest BCUT2D eigenvalue weighted by Gasteiger charge is -2.05. The molecule has 2 aromatic rings. The quantitative estimate of drug-likeness (QED) is 0.924. The van der Waals surface area contributed by atoms with Crippen molar-refractivity contribution in [1.29, 1.82) is 0 Å². The molecule has 2 rings (SSSR count). The minimum atomic E-state index is -0.894. The molecule has 2 aromatic heterocycles. The molecular weight excluding hydrogens is 248 g/mol. The molecular formula is C13H16N2O2S. The number of thiazole rings is 1. The van der Waals surface area contributed by atoms with Gasteiger partial charge in [-0.15, -0.1) is 11.3 Å². The lowest BCUT2D eigenvalue weighted by Crippen LogP contribution is -2.02. The Morgan fingerprint density at radius 2 is 2.11 bits per heavy atom. The van der Waals surface area contributed by atoms with Crippen LogP contribution in [0.3, 0.4) is 0 Å². The average Bonchev–Trinajstić information content (AvgIpc) is 2.83. The summed E-state index contributed by atoms with van der Waals surface area (Å²) in [5, 5.41) is 12.0. The van der Waals surface area contributed by atoms with E-state index in [0.29, 0.717) is 11.5 Å². The highest BCUT2D eigenvalue weighted by Gasteiger charge is 2.17. The van der Waals surface area contributed by atoms with Crippen LogP contribution in [0.2, 0.25) is 0 Å². The van der Waals surface area contributed by atoms with E-state index in [9.17, 15) is 4.79 Å². The van der Waals surface area contributed by atoms with Crippen molar-refractivity contribution in [3.8, 4) is 5.13 Å². The van der Waals surface area contributed by atoms with Crippen LogP contribution >= 0.6 is 11.3 Å². The third kappa shape index (κ3) is 2.06. The van der Waals surface area contributed by atoms with Gasteiger partial charge in [-0.05, 0) is 25.8 Å². The number of carbonyl (C=O) groups is 1. The zero-order chi connectivity index (χ0) is 13.4. The molecule has 0 aliphatic carbocycles. The molecule has 0 aliphatic heterocycles. The Morgan fingerprint density at radius 1 is 1.44 bits per heavy atom. The van der Waals surface area contributed by atoms with Gasteiger partial charge in [0.05, 0.1) is 11.3 Å². The second kappa shape index (κ2) is 4.57. The van der Waals surface area contributed by atoms with Gasteiger partial charge in [0.15, 0.2) is 5.13 Å². The fourth-order valence-corrected chi connectivity index (χ4v) is 3.01. The lowest BCUT2D eigenvalue weighted by molar-refractivity contribution is 0.0696. The van der Waals surface area contributed by atoms with E-state index in [2.05, 4.69) is 18.8 Å². The number of carboxylic acid groups (broad SMARTS) is 1. The van der Waals surface area contributed by atoms with E-state index in [4.69, 9.17) is 5.11 Å². The summed E-state index contributed by atoms with van der Waals surface area (Å²) in [6.07, 6.45) is 0. The maximum Gasteiger partial charge on any atom is 0.337 e. The first-order valence-electron chi connectivity index (χ1n) is 5.79. The Balaban J connectivity index is 2.53. The summed E-state index contributed by atoms with van der Waals surface area (Å²) in [5.74, 6) is -0.514. The van der Waals surface area contributed by atoms with Crippen molar-refractivity contribution in [1.82, 2.24) is 9.55 Å². The molecule has 4 nitrogen and oxygen atoms in total.